The molecule has 0 bridgehead atoms. The molecule has 25 heavy (non-hydrogen) atoms. The van der Waals surface area contributed by atoms with Crippen LogP contribution in [0.1, 0.15) is 16.1 Å². The van der Waals surface area contributed by atoms with E-state index in [1.54, 1.807) is 19.2 Å². The van der Waals surface area contributed by atoms with E-state index in [0.717, 1.165) is 20.8 Å². The predicted molar refractivity (Wildman–Crippen MR) is 99.0 cm³/mol. The molecule has 1 aromatic heterocycles. The number of phenolic OH excluding ortho intramolecular Hbond substituents is 1. The quantitative estimate of drug-likeness (QED) is 0.609. The number of rotatable bonds is 5. The zero-order chi connectivity index (χ0) is 17.8. The fourth-order valence-electron chi connectivity index (χ4n) is 2.20. The zero-order valence-electron chi connectivity index (χ0n) is 13.2. The maximum absolute atomic E-state index is 12.0. The lowest BCUT2D eigenvalue weighted by Crippen LogP contribution is -2.05. The third-order valence-electron chi connectivity index (χ3n) is 3.38. The molecule has 1 heterocycles. The van der Waals surface area contributed by atoms with Crippen LogP contribution in [0, 0.1) is 0 Å². The van der Waals surface area contributed by atoms with Gasteiger partial charge < -0.3 is 14.6 Å². The second-order valence-corrected chi connectivity index (χ2v) is 6.89. The normalized spacial score (nSPS) is 10.5. The first-order chi connectivity index (χ1) is 12.1. The molecule has 0 aliphatic carbocycles. The monoisotopic (exact) mass is 419 g/mol. The van der Waals surface area contributed by atoms with Crippen LogP contribution in [-0.2, 0) is 11.3 Å². The van der Waals surface area contributed by atoms with Gasteiger partial charge in [-0.05, 0) is 36.4 Å². The van der Waals surface area contributed by atoms with E-state index in [2.05, 4.69) is 20.9 Å². The summed E-state index contributed by atoms with van der Waals surface area (Å²) in [6.07, 6.45) is 0. The molecule has 128 valence electrons. The van der Waals surface area contributed by atoms with Gasteiger partial charge in [-0.2, -0.15) is 0 Å². The van der Waals surface area contributed by atoms with Gasteiger partial charge in [-0.1, -0.05) is 22.0 Å². The molecule has 0 saturated carbocycles. The van der Waals surface area contributed by atoms with Crippen LogP contribution < -0.4 is 4.74 Å². The second kappa shape index (κ2) is 7.67. The molecule has 0 saturated heterocycles. The van der Waals surface area contributed by atoms with Gasteiger partial charge in [-0.3, -0.25) is 0 Å². The number of thiazole rings is 1. The number of phenols is 1. The lowest BCUT2D eigenvalue weighted by molar-refractivity contribution is 0.0468. The predicted octanol–water partition coefficient (Wildman–Crippen LogP) is 4.64. The Morgan fingerprint density at radius 1 is 1.28 bits per heavy atom. The molecular weight excluding hydrogens is 406 g/mol. The fraction of sp³-hybridized carbons (Fsp3) is 0.111. The molecule has 0 fully saturated rings. The topological polar surface area (TPSA) is 68.7 Å². The van der Waals surface area contributed by atoms with Crippen molar-refractivity contribution in [2.75, 3.05) is 7.11 Å². The first-order valence-corrected chi connectivity index (χ1v) is 8.98. The van der Waals surface area contributed by atoms with Crippen molar-refractivity contribution >= 4 is 33.2 Å². The van der Waals surface area contributed by atoms with E-state index in [9.17, 15) is 9.90 Å². The summed E-state index contributed by atoms with van der Waals surface area (Å²) in [6.45, 7) is 0.0569. The SMILES string of the molecule is COc1ccc(Br)cc1-c1nc(COC(=O)c2cccc(O)c2)cs1. The standard InChI is InChI=1S/C18H14BrNO4S/c1-23-16-6-5-12(19)8-15(16)17-20-13(10-25-17)9-24-18(22)11-3-2-4-14(21)7-11/h2-8,10,21H,9H2,1H3. The first kappa shape index (κ1) is 17.4. The van der Waals surface area contributed by atoms with E-state index in [1.807, 2.05) is 23.6 Å². The van der Waals surface area contributed by atoms with Crippen LogP contribution in [0.2, 0.25) is 0 Å². The summed E-state index contributed by atoms with van der Waals surface area (Å²) in [4.78, 5) is 16.5. The van der Waals surface area contributed by atoms with Gasteiger partial charge in [0.15, 0.2) is 0 Å². The number of carbonyl (C=O) groups is 1. The molecule has 0 spiro atoms. The van der Waals surface area contributed by atoms with Crippen molar-refractivity contribution in [2.45, 2.75) is 6.61 Å². The molecule has 0 unspecified atom stereocenters. The van der Waals surface area contributed by atoms with E-state index in [1.165, 1.54) is 23.5 Å². The molecule has 0 amide bonds. The molecule has 0 atom stereocenters. The van der Waals surface area contributed by atoms with Gasteiger partial charge in [0, 0.05) is 9.85 Å². The number of halogens is 1. The summed E-state index contributed by atoms with van der Waals surface area (Å²) in [5.41, 5.74) is 1.81. The Hall–Kier alpha value is -2.38. The van der Waals surface area contributed by atoms with Gasteiger partial charge in [0.25, 0.3) is 0 Å². The van der Waals surface area contributed by atoms with Crippen molar-refractivity contribution in [2.24, 2.45) is 0 Å². The molecule has 2 aromatic carbocycles. The Bertz CT molecular complexity index is 910. The van der Waals surface area contributed by atoms with Crippen LogP contribution in [0.15, 0.2) is 52.3 Å². The van der Waals surface area contributed by atoms with Crippen LogP contribution in [0.3, 0.4) is 0 Å². The van der Waals surface area contributed by atoms with Crippen molar-refractivity contribution in [1.29, 1.82) is 0 Å². The number of esters is 1. The average molecular weight is 420 g/mol. The molecular formula is C18H14BrNO4S. The lowest BCUT2D eigenvalue weighted by Gasteiger charge is -2.06. The molecule has 3 aromatic rings. The summed E-state index contributed by atoms with van der Waals surface area (Å²) >= 11 is 4.89. The highest BCUT2D eigenvalue weighted by molar-refractivity contribution is 9.10. The van der Waals surface area contributed by atoms with E-state index in [4.69, 9.17) is 9.47 Å². The maximum atomic E-state index is 12.0. The average Bonchev–Trinajstić information content (AvgIpc) is 3.08. The Morgan fingerprint density at radius 3 is 2.88 bits per heavy atom. The first-order valence-electron chi connectivity index (χ1n) is 7.31. The molecule has 1 N–H and O–H groups in total. The van der Waals surface area contributed by atoms with E-state index < -0.39 is 5.97 Å². The van der Waals surface area contributed by atoms with Gasteiger partial charge in [0.2, 0.25) is 0 Å². The summed E-state index contributed by atoms with van der Waals surface area (Å²) in [6, 6.07) is 11.7. The number of aromatic hydroxyl groups is 1. The Kier molecular flexibility index (Phi) is 5.35. The summed E-state index contributed by atoms with van der Waals surface area (Å²) in [7, 11) is 1.61. The van der Waals surface area contributed by atoms with Crippen LogP contribution in [0.4, 0.5) is 0 Å². The number of nitrogens with zero attached hydrogens (tertiary/aromatic N) is 1. The van der Waals surface area contributed by atoms with Gasteiger partial charge >= 0.3 is 5.97 Å². The van der Waals surface area contributed by atoms with Crippen molar-refractivity contribution in [1.82, 2.24) is 4.98 Å². The van der Waals surface area contributed by atoms with E-state index in [0.29, 0.717) is 11.3 Å². The minimum Gasteiger partial charge on any atom is -0.508 e. The van der Waals surface area contributed by atoms with Crippen LogP contribution in [0.25, 0.3) is 10.6 Å². The van der Waals surface area contributed by atoms with Gasteiger partial charge in [-0.15, -0.1) is 11.3 Å². The van der Waals surface area contributed by atoms with Gasteiger partial charge in [0.05, 0.1) is 23.9 Å². The summed E-state index contributed by atoms with van der Waals surface area (Å²) < 4.78 is 11.5. The van der Waals surface area contributed by atoms with Crippen molar-refractivity contribution in [3.63, 3.8) is 0 Å². The van der Waals surface area contributed by atoms with Gasteiger partial charge in [0.1, 0.15) is 23.1 Å². The number of hydrogen-bond acceptors (Lipinski definition) is 6. The Labute approximate surface area is 157 Å². The van der Waals surface area contributed by atoms with Gasteiger partial charge in [-0.25, -0.2) is 9.78 Å². The number of benzene rings is 2. The third kappa shape index (κ3) is 4.18. The van der Waals surface area contributed by atoms with Crippen LogP contribution in [-0.4, -0.2) is 23.2 Å². The third-order valence-corrected chi connectivity index (χ3v) is 4.79. The zero-order valence-corrected chi connectivity index (χ0v) is 15.6. The highest BCUT2D eigenvalue weighted by Gasteiger charge is 2.13. The van der Waals surface area contributed by atoms with Crippen LogP contribution >= 0.6 is 27.3 Å². The number of ether oxygens (including phenoxy) is 2. The molecule has 0 aliphatic heterocycles. The number of hydrogen-bond donors (Lipinski definition) is 1. The molecule has 5 nitrogen and oxygen atoms in total. The van der Waals surface area contributed by atoms with E-state index in [-0.39, 0.29) is 12.4 Å². The number of aromatic nitrogens is 1. The molecule has 3 rings (SSSR count). The Balaban J connectivity index is 1.72. The van der Waals surface area contributed by atoms with Crippen LogP contribution in [0.5, 0.6) is 11.5 Å². The van der Waals surface area contributed by atoms with Crippen molar-refractivity contribution in [3.8, 4) is 22.1 Å². The maximum Gasteiger partial charge on any atom is 0.338 e. The minimum absolute atomic E-state index is 0.0205. The highest BCUT2D eigenvalue weighted by Crippen LogP contribution is 2.34. The lowest BCUT2D eigenvalue weighted by atomic mass is 10.2. The smallest absolute Gasteiger partial charge is 0.338 e. The summed E-state index contributed by atoms with van der Waals surface area (Å²) in [5.74, 6) is 0.235. The molecule has 0 radical (unpaired) electrons. The van der Waals surface area contributed by atoms with Crippen molar-refractivity contribution in [3.05, 3.63) is 63.6 Å². The fourth-order valence-corrected chi connectivity index (χ4v) is 3.39. The second-order valence-electron chi connectivity index (χ2n) is 5.12. The largest absolute Gasteiger partial charge is 0.508 e. The highest BCUT2D eigenvalue weighted by atomic mass is 79.9. The molecule has 7 heteroatoms. The summed E-state index contributed by atoms with van der Waals surface area (Å²) in [5, 5.41) is 12.0. The van der Waals surface area contributed by atoms with E-state index >= 15 is 0 Å². The Morgan fingerprint density at radius 2 is 2.12 bits per heavy atom. The molecule has 0 aliphatic rings. The number of carbonyl (C=O) groups excluding carboxylic acids is 1. The number of methoxy groups -OCH3 is 1. The van der Waals surface area contributed by atoms with Crippen molar-refractivity contribution < 1.29 is 19.4 Å². The minimum atomic E-state index is -0.509.